The molecule has 0 aliphatic rings. The highest BCUT2D eigenvalue weighted by molar-refractivity contribution is 9.10. The van der Waals surface area contributed by atoms with Gasteiger partial charge in [-0.25, -0.2) is 0 Å². The maximum absolute atomic E-state index is 10.2. The molecule has 4 heteroatoms. The van der Waals surface area contributed by atoms with E-state index in [4.69, 9.17) is 4.74 Å². The monoisotopic (exact) mass is 349 g/mol. The summed E-state index contributed by atoms with van der Waals surface area (Å²) in [6, 6.07) is 15.8. The van der Waals surface area contributed by atoms with E-state index in [0.29, 0.717) is 6.54 Å². The highest BCUT2D eigenvalue weighted by atomic mass is 79.9. The van der Waals surface area contributed by atoms with Crippen LogP contribution in [0.15, 0.2) is 53.0 Å². The Hall–Kier alpha value is -1.36. The first kappa shape index (κ1) is 16.0. The maximum Gasteiger partial charge on any atom is 0.118 e. The molecule has 0 fully saturated rings. The van der Waals surface area contributed by atoms with Crippen LogP contribution in [0.1, 0.15) is 30.2 Å². The Morgan fingerprint density at radius 2 is 1.86 bits per heavy atom. The minimum atomic E-state index is -0.537. The zero-order chi connectivity index (χ0) is 15.2. The molecule has 0 saturated heterocycles. The van der Waals surface area contributed by atoms with E-state index in [9.17, 15) is 5.11 Å². The Labute approximate surface area is 134 Å². The lowest BCUT2D eigenvalue weighted by Gasteiger charge is -2.18. The largest absolute Gasteiger partial charge is 0.497 e. The van der Waals surface area contributed by atoms with Crippen LogP contribution < -0.4 is 10.1 Å². The van der Waals surface area contributed by atoms with E-state index in [1.54, 1.807) is 7.11 Å². The zero-order valence-corrected chi connectivity index (χ0v) is 13.8. The first-order valence-corrected chi connectivity index (χ1v) is 7.70. The molecule has 0 spiro atoms. The number of aliphatic hydroxyl groups excluding tert-OH is 1. The fourth-order valence-electron chi connectivity index (χ4n) is 2.13. The van der Waals surface area contributed by atoms with Gasteiger partial charge in [0.05, 0.1) is 13.2 Å². The number of benzene rings is 2. The molecule has 2 aromatic carbocycles. The second-order valence-electron chi connectivity index (χ2n) is 4.97. The topological polar surface area (TPSA) is 41.5 Å². The van der Waals surface area contributed by atoms with E-state index in [0.717, 1.165) is 15.8 Å². The Bertz CT molecular complexity index is 571. The molecule has 2 rings (SSSR count). The van der Waals surface area contributed by atoms with Crippen LogP contribution in [0.5, 0.6) is 5.75 Å². The molecule has 112 valence electrons. The highest BCUT2D eigenvalue weighted by Crippen LogP contribution is 2.20. The maximum atomic E-state index is 10.2. The van der Waals surface area contributed by atoms with Crippen molar-refractivity contribution < 1.29 is 9.84 Å². The Morgan fingerprint density at radius 1 is 1.14 bits per heavy atom. The summed E-state index contributed by atoms with van der Waals surface area (Å²) in [6.07, 6.45) is -0.537. The van der Waals surface area contributed by atoms with Gasteiger partial charge in [-0.1, -0.05) is 40.2 Å². The third-order valence-electron chi connectivity index (χ3n) is 3.47. The summed E-state index contributed by atoms with van der Waals surface area (Å²) in [7, 11) is 1.63. The van der Waals surface area contributed by atoms with Gasteiger partial charge in [-0.05, 0) is 42.3 Å². The van der Waals surface area contributed by atoms with Gasteiger partial charge in [0, 0.05) is 17.1 Å². The molecule has 2 atom stereocenters. The van der Waals surface area contributed by atoms with Gasteiger partial charge in [0.1, 0.15) is 5.75 Å². The third-order valence-corrected chi connectivity index (χ3v) is 3.96. The van der Waals surface area contributed by atoms with Crippen LogP contribution in [0.2, 0.25) is 0 Å². The minimum Gasteiger partial charge on any atom is -0.497 e. The Balaban J connectivity index is 1.92. The second kappa shape index (κ2) is 7.59. The molecular weight excluding hydrogens is 330 g/mol. The van der Waals surface area contributed by atoms with Crippen LogP contribution in [0.3, 0.4) is 0 Å². The van der Waals surface area contributed by atoms with Gasteiger partial charge >= 0.3 is 0 Å². The number of nitrogens with one attached hydrogen (secondary N) is 1. The van der Waals surface area contributed by atoms with E-state index >= 15 is 0 Å². The van der Waals surface area contributed by atoms with Crippen LogP contribution in [-0.2, 0) is 0 Å². The fourth-order valence-corrected chi connectivity index (χ4v) is 2.54. The number of hydrogen-bond donors (Lipinski definition) is 2. The van der Waals surface area contributed by atoms with Crippen molar-refractivity contribution in [3.05, 3.63) is 64.1 Å². The van der Waals surface area contributed by atoms with Gasteiger partial charge in [-0.2, -0.15) is 0 Å². The molecule has 0 heterocycles. The molecule has 3 nitrogen and oxygen atoms in total. The smallest absolute Gasteiger partial charge is 0.118 e. The molecule has 1 unspecified atom stereocenters. The van der Waals surface area contributed by atoms with E-state index in [1.807, 2.05) is 36.4 Å². The van der Waals surface area contributed by atoms with Crippen molar-refractivity contribution in [2.75, 3.05) is 13.7 Å². The van der Waals surface area contributed by atoms with Crippen molar-refractivity contribution in [3.63, 3.8) is 0 Å². The summed E-state index contributed by atoms with van der Waals surface area (Å²) in [6.45, 7) is 2.59. The molecule has 0 amide bonds. The van der Waals surface area contributed by atoms with Gasteiger partial charge in [0.2, 0.25) is 0 Å². The Kier molecular flexibility index (Phi) is 5.79. The summed E-state index contributed by atoms with van der Waals surface area (Å²) < 4.78 is 6.17. The quantitative estimate of drug-likeness (QED) is 0.832. The lowest BCUT2D eigenvalue weighted by Crippen LogP contribution is -2.24. The number of halogens is 1. The summed E-state index contributed by atoms with van der Waals surface area (Å²) >= 11 is 3.47. The summed E-state index contributed by atoms with van der Waals surface area (Å²) in [5.41, 5.74) is 2.07. The van der Waals surface area contributed by atoms with Gasteiger partial charge in [0.15, 0.2) is 0 Å². The van der Waals surface area contributed by atoms with Crippen LogP contribution in [0, 0.1) is 0 Å². The summed E-state index contributed by atoms with van der Waals surface area (Å²) in [5.74, 6) is 0.793. The lowest BCUT2D eigenvalue weighted by atomic mass is 10.1. The lowest BCUT2D eigenvalue weighted by molar-refractivity contribution is 0.170. The minimum absolute atomic E-state index is 0.176. The first-order chi connectivity index (χ1) is 10.1. The third kappa shape index (κ3) is 4.56. The number of methoxy groups -OCH3 is 1. The average molecular weight is 350 g/mol. The fraction of sp³-hybridized carbons (Fsp3) is 0.294. The van der Waals surface area contributed by atoms with E-state index in [-0.39, 0.29) is 6.04 Å². The van der Waals surface area contributed by atoms with Gasteiger partial charge in [0.25, 0.3) is 0 Å². The SMILES string of the molecule is COc1ccc(C(O)CN[C@@H](C)c2cccc(Br)c2)cc1. The molecule has 0 aliphatic heterocycles. The number of rotatable bonds is 6. The number of hydrogen-bond acceptors (Lipinski definition) is 3. The Morgan fingerprint density at radius 3 is 2.48 bits per heavy atom. The van der Waals surface area contributed by atoms with Gasteiger partial charge < -0.3 is 15.2 Å². The normalized spacial score (nSPS) is 13.7. The van der Waals surface area contributed by atoms with Crippen molar-refractivity contribution in [1.29, 1.82) is 0 Å². The molecule has 0 aliphatic carbocycles. The van der Waals surface area contributed by atoms with E-state index in [2.05, 4.69) is 40.3 Å². The van der Waals surface area contributed by atoms with E-state index in [1.165, 1.54) is 5.56 Å². The van der Waals surface area contributed by atoms with Gasteiger partial charge in [-0.3, -0.25) is 0 Å². The van der Waals surface area contributed by atoms with Crippen LogP contribution in [0.4, 0.5) is 0 Å². The van der Waals surface area contributed by atoms with E-state index < -0.39 is 6.10 Å². The van der Waals surface area contributed by atoms with Crippen molar-refractivity contribution in [2.24, 2.45) is 0 Å². The first-order valence-electron chi connectivity index (χ1n) is 6.91. The van der Waals surface area contributed by atoms with Crippen molar-refractivity contribution in [2.45, 2.75) is 19.1 Å². The molecule has 2 aromatic rings. The predicted molar refractivity (Wildman–Crippen MR) is 88.5 cm³/mol. The average Bonchev–Trinajstić information content (AvgIpc) is 2.52. The van der Waals surface area contributed by atoms with Crippen LogP contribution in [0.25, 0.3) is 0 Å². The molecular formula is C17H20BrNO2. The molecule has 0 aromatic heterocycles. The van der Waals surface area contributed by atoms with Crippen molar-refractivity contribution in [3.8, 4) is 5.75 Å². The standard InChI is InChI=1S/C17H20BrNO2/c1-12(14-4-3-5-15(18)10-14)19-11-17(20)13-6-8-16(21-2)9-7-13/h3-10,12,17,19-20H,11H2,1-2H3/t12-,17?/m0/s1. The van der Waals surface area contributed by atoms with Crippen LogP contribution in [-0.4, -0.2) is 18.8 Å². The van der Waals surface area contributed by atoms with Crippen molar-refractivity contribution >= 4 is 15.9 Å². The summed E-state index contributed by atoms with van der Waals surface area (Å²) in [5, 5.41) is 13.6. The molecule has 0 saturated carbocycles. The molecule has 0 radical (unpaired) electrons. The predicted octanol–water partition coefficient (Wildman–Crippen LogP) is 3.84. The number of aliphatic hydroxyl groups is 1. The number of ether oxygens (including phenoxy) is 1. The highest BCUT2D eigenvalue weighted by Gasteiger charge is 2.11. The molecule has 2 N–H and O–H groups in total. The van der Waals surface area contributed by atoms with Crippen molar-refractivity contribution in [1.82, 2.24) is 5.32 Å². The molecule has 21 heavy (non-hydrogen) atoms. The molecule has 0 bridgehead atoms. The second-order valence-corrected chi connectivity index (χ2v) is 5.89. The van der Waals surface area contributed by atoms with Crippen LogP contribution >= 0.6 is 15.9 Å². The zero-order valence-electron chi connectivity index (χ0n) is 12.2. The van der Waals surface area contributed by atoms with Gasteiger partial charge in [-0.15, -0.1) is 0 Å². The summed E-state index contributed by atoms with van der Waals surface area (Å²) in [4.78, 5) is 0.